The van der Waals surface area contributed by atoms with Crippen LogP contribution in [0.1, 0.15) is 50.7 Å². The third kappa shape index (κ3) is 5.03. The molecule has 274 valence electrons. The average Bonchev–Trinajstić information content (AvgIpc) is 3.94. The highest BCUT2D eigenvalue weighted by atomic mass is 16.3. The molecule has 3 heterocycles. The summed E-state index contributed by atoms with van der Waals surface area (Å²) in [5.41, 5.74) is 14.4. The van der Waals surface area contributed by atoms with Gasteiger partial charge in [0.25, 0.3) is 0 Å². The quantitative estimate of drug-likeness (QED) is 0.170. The van der Waals surface area contributed by atoms with Gasteiger partial charge in [0.15, 0.2) is 0 Å². The molecule has 0 unspecified atom stereocenters. The van der Waals surface area contributed by atoms with Crippen LogP contribution in [0.5, 0.6) is 0 Å². The normalized spacial score (nSPS) is 12.2. The van der Waals surface area contributed by atoms with Crippen molar-refractivity contribution < 1.29 is 4.42 Å². The second kappa shape index (κ2) is 12.8. The molecule has 8 aromatic carbocycles. The van der Waals surface area contributed by atoms with Crippen molar-refractivity contribution in [2.45, 2.75) is 39.5 Å². The van der Waals surface area contributed by atoms with E-state index in [1.807, 2.05) is 0 Å². The highest BCUT2D eigenvalue weighted by Gasteiger charge is 2.28. The number of nitrogens with zero attached hydrogens (tertiary/aromatic N) is 3. The monoisotopic (exact) mass is 735 g/mol. The lowest BCUT2D eigenvalue weighted by Crippen LogP contribution is -2.10. The van der Waals surface area contributed by atoms with Crippen molar-refractivity contribution >= 4 is 65.6 Å². The third-order valence-corrected chi connectivity index (χ3v) is 11.9. The Labute approximate surface area is 331 Å². The summed E-state index contributed by atoms with van der Waals surface area (Å²) < 4.78 is 11.9. The van der Waals surface area contributed by atoms with Gasteiger partial charge in [-0.1, -0.05) is 143 Å². The van der Waals surface area contributed by atoms with Gasteiger partial charge < -0.3 is 8.98 Å². The highest BCUT2D eigenvalue weighted by molar-refractivity contribution is 6.17. The molecule has 0 N–H and O–H groups in total. The average molecular weight is 736 g/mol. The number of aromatic nitrogens is 3. The van der Waals surface area contributed by atoms with Gasteiger partial charge in [0.05, 0.1) is 44.4 Å². The summed E-state index contributed by atoms with van der Waals surface area (Å²) in [6.45, 7) is 9.25. The second-order valence-corrected chi connectivity index (χ2v) is 15.9. The Morgan fingerprint density at radius 2 is 1.11 bits per heavy atom. The predicted octanol–water partition coefficient (Wildman–Crippen LogP) is 14.8. The fourth-order valence-corrected chi connectivity index (χ4v) is 9.21. The first-order valence-corrected chi connectivity index (χ1v) is 20.0. The number of imidazole rings is 1. The molecule has 57 heavy (non-hydrogen) atoms. The van der Waals surface area contributed by atoms with Gasteiger partial charge in [-0.05, 0) is 88.0 Å². The van der Waals surface area contributed by atoms with E-state index in [2.05, 4.69) is 201 Å². The van der Waals surface area contributed by atoms with Crippen LogP contribution >= 0.6 is 0 Å². The number of hydrogen-bond acceptors (Lipinski definition) is 2. The summed E-state index contributed by atoms with van der Waals surface area (Å²) in [4.78, 5) is 5.60. The fraction of sp³-hybridized carbons (Fsp3) is 0.113. The van der Waals surface area contributed by atoms with Crippen LogP contribution < -0.4 is 0 Å². The van der Waals surface area contributed by atoms with Crippen molar-refractivity contribution in [3.63, 3.8) is 0 Å². The maximum absolute atomic E-state index is 7.04. The van der Waals surface area contributed by atoms with E-state index in [-0.39, 0.29) is 11.8 Å². The number of para-hydroxylation sites is 3. The fourth-order valence-electron chi connectivity index (χ4n) is 9.21. The minimum atomic E-state index is 0.241. The first-order chi connectivity index (χ1) is 28.0. The van der Waals surface area contributed by atoms with Crippen molar-refractivity contribution in [3.8, 4) is 33.9 Å². The number of furan rings is 1. The topological polar surface area (TPSA) is 35.9 Å². The van der Waals surface area contributed by atoms with Gasteiger partial charge in [0.2, 0.25) is 0 Å². The Morgan fingerprint density at radius 3 is 1.79 bits per heavy atom. The molecular formula is C53H41N3O. The molecule has 0 radical (unpaired) electrons. The number of benzene rings is 8. The molecule has 0 aliphatic rings. The third-order valence-electron chi connectivity index (χ3n) is 11.9. The zero-order chi connectivity index (χ0) is 38.4. The van der Waals surface area contributed by atoms with E-state index in [9.17, 15) is 0 Å². The van der Waals surface area contributed by atoms with Crippen LogP contribution in [0.15, 0.2) is 168 Å². The van der Waals surface area contributed by atoms with Gasteiger partial charge >= 0.3 is 0 Å². The van der Waals surface area contributed by atoms with Gasteiger partial charge in [-0.3, -0.25) is 4.57 Å². The van der Waals surface area contributed by atoms with E-state index < -0.39 is 0 Å². The van der Waals surface area contributed by atoms with Crippen LogP contribution in [-0.4, -0.2) is 14.1 Å². The maximum Gasteiger partial charge on any atom is 0.149 e. The van der Waals surface area contributed by atoms with Crippen LogP contribution in [0.2, 0.25) is 0 Å². The van der Waals surface area contributed by atoms with Crippen molar-refractivity contribution in [2.75, 3.05) is 0 Å². The lowest BCUT2D eigenvalue weighted by atomic mass is 9.88. The summed E-state index contributed by atoms with van der Waals surface area (Å²) in [7, 11) is 0. The molecule has 0 bridgehead atoms. The molecule has 0 aliphatic carbocycles. The van der Waals surface area contributed by atoms with E-state index in [4.69, 9.17) is 9.40 Å². The standard InChI is InChI=1S/C53H41N3O/c1-32(2)42-30-36(34-16-6-5-7-17-34)31-43(33(3)4)50(42)56-51-37-19-9-8-18-35(37)26-28-44(51)54-53(56)41-27-29-47(49-40-22-12-15-25-48(40)57-52(41)49)55-45-23-13-10-20-38(45)39-21-11-14-24-46(39)55/h5-33H,1-4H3. The van der Waals surface area contributed by atoms with Gasteiger partial charge in [0, 0.05) is 21.5 Å². The summed E-state index contributed by atoms with van der Waals surface area (Å²) in [6, 6.07) is 59.1. The predicted molar refractivity (Wildman–Crippen MR) is 239 cm³/mol. The molecule has 0 spiro atoms. The highest BCUT2D eigenvalue weighted by Crippen LogP contribution is 2.46. The molecule has 3 aromatic heterocycles. The Morgan fingerprint density at radius 1 is 0.509 bits per heavy atom. The summed E-state index contributed by atoms with van der Waals surface area (Å²) in [6.07, 6.45) is 0. The van der Waals surface area contributed by atoms with Crippen LogP contribution in [0.4, 0.5) is 0 Å². The maximum atomic E-state index is 7.04. The van der Waals surface area contributed by atoms with E-state index in [0.717, 1.165) is 50.0 Å². The number of fused-ring (bicyclic) bond motifs is 9. The van der Waals surface area contributed by atoms with Crippen LogP contribution in [-0.2, 0) is 0 Å². The molecule has 0 atom stereocenters. The second-order valence-electron chi connectivity index (χ2n) is 15.9. The Hall–Kier alpha value is -6.91. The molecule has 0 amide bonds. The summed E-state index contributed by atoms with van der Waals surface area (Å²) in [5, 5.41) is 6.98. The number of hydrogen-bond donors (Lipinski definition) is 0. The Kier molecular flexibility index (Phi) is 7.52. The van der Waals surface area contributed by atoms with Crippen LogP contribution in [0.25, 0.3) is 99.4 Å². The van der Waals surface area contributed by atoms with Crippen molar-refractivity contribution in [2.24, 2.45) is 0 Å². The van der Waals surface area contributed by atoms with Crippen LogP contribution in [0.3, 0.4) is 0 Å². The van der Waals surface area contributed by atoms with E-state index in [0.29, 0.717) is 0 Å². The zero-order valence-electron chi connectivity index (χ0n) is 32.5. The minimum Gasteiger partial charge on any atom is -0.455 e. The molecule has 11 aromatic rings. The summed E-state index contributed by atoms with van der Waals surface area (Å²) in [5.74, 6) is 1.35. The molecule has 0 saturated heterocycles. The van der Waals surface area contributed by atoms with Gasteiger partial charge in [0.1, 0.15) is 17.0 Å². The number of rotatable bonds is 6. The van der Waals surface area contributed by atoms with Gasteiger partial charge in [-0.2, -0.15) is 0 Å². The molecule has 4 nitrogen and oxygen atoms in total. The minimum absolute atomic E-state index is 0.241. The largest absolute Gasteiger partial charge is 0.455 e. The lowest BCUT2D eigenvalue weighted by molar-refractivity contribution is 0.669. The SMILES string of the molecule is CC(C)c1cc(-c2ccccc2)cc(C(C)C)c1-n1c(-c2ccc(-n3c4ccccc4c4ccccc43)c3c2oc2ccccc23)nc2ccc3ccccc3c21. The smallest absolute Gasteiger partial charge is 0.149 e. The molecular weight excluding hydrogens is 695 g/mol. The zero-order valence-corrected chi connectivity index (χ0v) is 32.5. The van der Waals surface area contributed by atoms with Gasteiger partial charge in [-0.15, -0.1) is 0 Å². The lowest BCUT2D eigenvalue weighted by Gasteiger charge is -2.25. The van der Waals surface area contributed by atoms with Gasteiger partial charge in [-0.25, -0.2) is 4.98 Å². The Balaban J connectivity index is 1.29. The first-order valence-electron chi connectivity index (χ1n) is 20.0. The van der Waals surface area contributed by atoms with E-state index >= 15 is 0 Å². The molecule has 0 fully saturated rings. The van der Waals surface area contributed by atoms with Crippen molar-refractivity contribution in [3.05, 3.63) is 175 Å². The Bertz CT molecular complexity index is 3280. The van der Waals surface area contributed by atoms with Crippen molar-refractivity contribution in [1.82, 2.24) is 14.1 Å². The molecule has 0 saturated carbocycles. The first kappa shape index (κ1) is 33.4. The van der Waals surface area contributed by atoms with Crippen molar-refractivity contribution in [1.29, 1.82) is 0 Å². The molecule has 11 rings (SSSR count). The van der Waals surface area contributed by atoms with E-state index in [1.165, 1.54) is 60.5 Å². The summed E-state index contributed by atoms with van der Waals surface area (Å²) >= 11 is 0. The molecule has 4 heteroatoms. The van der Waals surface area contributed by atoms with Crippen LogP contribution in [0, 0.1) is 0 Å². The van der Waals surface area contributed by atoms with E-state index in [1.54, 1.807) is 0 Å². The molecule has 0 aliphatic heterocycles.